The quantitative estimate of drug-likeness (QED) is 0.371. The van der Waals surface area contributed by atoms with E-state index >= 15 is 0 Å². The van der Waals surface area contributed by atoms with Crippen molar-refractivity contribution in [2.24, 2.45) is 0 Å². The van der Waals surface area contributed by atoms with E-state index in [1.165, 1.54) is 36.4 Å². The molecule has 2 heterocycles. The highest BCUT2D eigenvalue weighted by molar-refractivity contribution is 6.00. The van der Waals surface area contributed by atoms with E-state index in [0.29, 0.717) is 31.0 Å². The Morgan fingerprint density at radius 1 is 0.973 bits per heavy atom. The first kappa shape index (κ1) is 24.4. The lowest BCUT2D eigenvalue weighted by atomic mass is 10.0. The van der Waals surface area contributed by atoms with E-state index < -0.39 is 6.61 Å². The van der Waals surface area contributed by atoms with Crippen molar-refractivity contribution in [3.63, 3.8) is 0 Å². The molecule has 1 aliphatic heterocycles. The molecule has 4 aromatic rings. The number of fused-ring (bicyclic) bond motifs is 1. The summed E-state index contributed by atoms with van der Waals surface area (Å²) in [5.41, 5.74) is 1.94. The molecule has 0 bridgehead atoms. The number of anilines is 2. The lowest BCUT2D eigenvalue weighted by Crippen LogP contribution is -2.55. The minimum absolute atomic E-state index is 0.0220. The monoisotopic (exact) mass is 507 g/mol. The average molecular weight is 508 g/mol. The summed E-state index contributed by atoms with van der Waals surface area (Å²) in [4.78, 5) is 16.7. The van der Waals surface area contributed by atoms with Crippen LogP contribution in [0.2, 0.25) is 0 Å². The molecule has 0 saturated carbocycles. The fraction of sp³-hybridized carbons (Fsp3) is 0.222. The average Bonchev–Trinajstić information content (AvgIpc) is 2.89. The summed E-state index contributed by atoms with van der Waals surface area (Å²) < 4.78 is 42.5. The van der Waals surface area contributed by atoms with E-state index in [0.717, 1.165) is 22.2 Å². The second-order valence-electron chi connectivity index (χ2n) is 8.75. The number of aromatic nitrogens is 2. The highest BCUT2D eigenvalue weighted by Crippen LogP contribution is 2.32. The number of nitrogens with zero attached hydrogens (tertiary/aromatic N) is 4. The van der Waals surface area contributed by atoms with Crippen LogP contribution in [0.5, 0.6) is 5.75 Å². The topological polar surface area (TPSA) is 70.6 Å². The highest BCUT2D eigenvalue weighted by Gasteiger charge is 2.29. The Balaban J connectivity index is 1.31. The summed E-state index contributed by atoms with van der Waals surface area (Å²) in [5, 5.41) is 13.6. The van der Waals surface area contributed by atoms with Gasteiger partial charge in [0.05, 0.1) is 0 Å². The first-order valence-corrected chi connectivity index (χ1v) is 11.8. The number of benzene rings is 3. The van der Waals surface area contributed by atoms with E-state index in [4.69, 9.17) is 0 Å². The molecule has 1 fully saturated rings. The van der Waals surface area contributed by atoms with Crippen molar-refractivity contribution in [3.8, 4) is 17.0 Å². The van der Waals surface area contributed by atoms with Crippen LogP contribution in [-0.2, 0) is 0 Å². The van der Waals surface area contributed by atoms with Crippen LogP contribution in [0.25, 0.3) is 22.0 Å². The zero-order valence-corrected chi connectivity index (χ0v) is 19.9. The van der Waals surface area contributed by atoms with Gasteiger partial charge in [-0.1, -0.05) is 24.3 Å². The summed E-state index contributed by atoms with van der Waals surface area (Å²) in [6.45, 7) is 0.596. The molecule has 190 valence electrons. The molecule has 0 radical (unpaired) electrons. The fourth-order valence-electron chi connectivity index (χ4n) is 4.51. The third-order valence-electron chi connectivity index (χ3n) is 6.30. The number of hydrogen-bond acceptors (Lipinski definition) is 5. The van der Waals surface area contributed by atoms with Crippen LogP contribution >= 0.6 is 0 Å². The van der Waals surface area contributed by atoms with Crippen LogP contribution in [0.15, 0.2) is 72.8 Å². The van der Waals surface area contributed by atoms with Gasteiger partial charge in [0, 0.05) is 47.7 Å². The molecular formula is C27H24F3N5O2. The summed E-state index contributed by atoms with van der Waals surface area (Å²) in [5.74, 6) is 0.433. The van der Waals surface area contributed by atoms with Crippen molar-refractivity contribution >= 4 is 28.3 Å². The number of nitrogens with one attached hydrogen (secondary N) is 1. The third-order valence-corrected chi connectivity index (χ3v) is 6.30. The van der Waals surface area contributed by atoms with Crippen molar-refractivity contribution in [1.29, 1.82) is 0 Å². The number of hydrogen-bond donors (Lipinski definition) is 1. The van der Waals surface area contributed by atoms with Gasteiger partial charge in [-0.25, -0.2) is 9.18 Å². The highest BCUT2D eigenvalue weighted by atomic mass is 19.3. The molecule has 0 spiro atoms. The molecule has 37 heavy (non-hydrogen) atoms. The van der Waals surface area contributed by atoms with Crippen molar-refractivity contribution in [3.05, 3.63) is 78.6 Å². The number of rotatable bonds is 5. The number of ether oxygens (including phenoxy) is 1. The van der Waals surface area contributed by atoms with Gasteiger partial charge in [0.25, 0.3) is 0 Å². The van der Waals surface area contributed by atoms with Gasteiger partial charge >= 0.3 is 12.6 Å². The molecule has 5 rings (SSSR count). The van der Waals surface area contributed by atoms with Crippen LogP contribution in [0.1, 0.15) is 6.92 Å². The lowest BCUT2D eigenvalue weighted by Gasteiger charge is -2.40. The molecule has 7 nitrogen and oxygen atoms in total. The van der Waals surface area contributed by atoms with E-state index in [1.807, 2.05) is 31.2 Å². The van der Waals surface area contributed by atoms with Crippen molar-refractivity contribution in [1.82, 2.24) is 15.1 Å². The summed E-state index contributed by atoms with van der Waals surface area (Å²) >= 11 is 0. The summed E-state index contributed by atoms with van der Waals surface area (Å²) in [7, 11) is 0. The minimum Gasteiger partial charge on any atom is -0.435 e. The van der Waals surface area contributed by atoms with Crippen LogP contribution < -0.4 is 15.0 Å². The third kappa shape index (κ3) is 5.28. The maximum absolute atomic E-state index is 13.4. The van der Waals surface area contributed by atoms with Crippen molar-refractivity contribution < 1.29 is 22.7 Å². The largest absolute Gasteiger partial charge is 0.435 e. The molecule has 1 saturated heterocycles. The second kappa shape index (κ2) is 10.3. The standard InChI is InChI=1S/C27H24F3N5O2/c1-17-16-34(14-15-35(17)27(36)31-20-10-12-21(13-11-20)37-26(29)30)25-23-5-3-2-4-22(23)24(32-33-25)18-6-8-19(28)9-7-18/h2-13,17,26H,14-16H2,1H3,(H,31,36). The molecule has 1 N–H and O–H groups in total. The molecule has 1 atom stereocenters. The van der Waals surface area contributed by atoms with Gasteiger partial charge in [0.2, 0.25) is 0 Å². The van der Waals surface area contributed by atoms with E-state index in [2.05, 4.69) is 25.2 Å². The summed E-state index contributed by atoms with van der Waals surface area (Å²) in [6, 6.07) is 19.4. The number of halogens is 3. The van der Waals surface area contributed by atoms with Crippen molar-refractivity contribution in [2.45, 2.75) is 19.6 Å². The van der Waals surface area contributed by atoms with Gasteiger partial charge in [-0.15, -0.1) is 10.2 Å². The smallest absolute Gasteiger partial charge is 0.387 e. The van der Waals surface area contributed by atoms with Crippen LogP contribution in [0, 0.1) is 5.82 Å². The Kier molecular flexibility index (Phi) is 6.80. The number of piperazine rings is 1. The molecule has 10 heteroatoms. The number of amides is 2. The number of carbonyl (C=O) groups is 1. The van der Waals surface area contributed by atoms with Crippen LogP contribution in [0.3, 0.4) is 0 Å². The minimum atomic E-state index is -2.90. The van der Waals surface area contributed by atoms with Gasteiger partial charge in [-0.2, -0.15) is 8.78 Å². The van der Waals surface area contributed by atoms with Crippen LogP contribution in [-0.4, -0.2) is 53.4 Å². The van der Waals surface area contributed by atoms with Crippen LogP contribution in [0.4, 0.5) is 29.5 Å². The number of carbonyl (C=O) groups excluding carboxylic acids is 1. The number of alkyl halides is 2. The fourth-order valence-corrected chi connectivity index (χ4v) is 4.51. The lowest BCUT2D eigenvalue weighted by molar-refractivity contribution is -0.0498. The molecule has 1 unspecified atom stereocenters. The van der Waals surface area contributed by atoms with Gasteiger partial charge in [0.1, 0.15) is 17.3 Å². The first-order valence-electron chi connectivity index (χ1n) is 11.8. The predicted molar refractivity (Wildman–Crippen MR) is 135 cm³/mol. The first-order chi connectivity index (χ1) is 17.9. The maximum atomic E-state index is 13.4. The van der Waals surface area contributed by atoms with Crippen molar-refractivity contribution in [2.75, 3.05) is 29.9 Å². The van der Waals surface area contributed by atoms with E-state index in [9.17, 15) is 18.0 Å². The maximum Gasteiger partial charge on any atom is 0.387 e. The van der Waals surface area contributed by atoms with Gasteiger partial charge < -0.3 is 19.9 Å². The van der Waals surface area contributed by atoms with E-state index in [-0.39, 0.29) is 23.6 Å². The molecule has 3 aromatic carbocycles. The SMILES string of the molecule is CC1CN(c2nnc(-c3ccc(F)cc3)c3ccccc23)CCN1C(=O)Nc1ccc(OC(F)F)cc1. The predicted octanol–water partition coefficient (Wildman–Crippen LogP) is 5.78. The second-order valence-corrected chi connectivity index (χ2v) is 8.75. The zero-order valence-electron chi connectivity index (χ0n) is 19.9. The Morgan fingerprint density at radius 3 is 2.35 bits per heavy atom. The molecule has 0 aliphatic carbocycles. The van der Waals surface area contributed by atoms with Gasteiger partial charge in [-0.05, 0) is 55.5 Å². The molecule has 1 aromatic heterocycles. The molecule has 2 amide bonds. The van der Waals surface area contributed by atoms with Gasteiger partial charge in [0.15, 0.2) is 5.82 Å². The van der Waals surface area contributed by atoms with E-state index in [1.54, 1.807) is 17.0 Å². The number of urea groups is 1. The zero-order chi connectivity index (χ0) is 25.9. The Bertz CT molecular complexity index is 1400. The molecule has 1 aliphatic rings. The Labute approximate surface area is 211 Å². The summed E-state index contributed by atoms with van der Waals surface area (Å²) in [6.07, 6.45) is 0. The molecular weight excluding hydrogens is 483 g/mol. The Hall–Kier alpha value is -4.34. The van der Waals surface area contributed by atoms with Gasteiger partial charge in [-0.3, -0.25) is 0 Å². The normalized spacial score (nSPS) is 15.8. The Morgan fingerprint density at radius 2 is 1.68 bits per heavy atom.